The van der Waals surface area contributed by atoms with Crippen LogP contribution in [0.15, 0.2) is 17.5 Å². The van der Waals surface area contributed by atoms with Crippen LogP contribution in [0.1, 0.15) is 50.3 Å². The van der Waals surface area contributed by atoms with Crippen molar-refractivity contribution in [1.29, 1.82) is 0 Å². The quantitative estimate of drug-likeness (QED) is 0.479. The van der Waals surface area contributed by atoms with Gasteiger partial charge in [0.05, 0.1) is 25.5 Å². The van der Waals surface area contributed by atoms with E-state index in [2.05, 4.69) is 38.5 Å². The van der Waals surface area contributed by atoms with E-state index >= 15 is 0 Å². The predicted octanol–water partition coefficient (Wildman–Crippen LogP) is 1.69. The maximum absolute atomic E-state index is 2.35. The van der Waals surface area contributed by atoms with Gasteiger partial charge in [-0.15, -0.1) is 11.3 Å². The number of hydrogen-bond acceptors (Lipinski definition) is 1. The van der Waals surface area contributed by atoms with Gasteiger partial charge in [0.15, 0.2) is 0 Å². The zero-order valence-corrected chi connectivity index (χ0v) is 13.7. The molecule has 18 heavy (non-hydrogen) atoms. The maximum atomic E-state index is 2.35. The summed E-state index contributed by atoms with van der Waals surface area (Å²) in [4.78, 5) is 1.51. The highest BCUT2D eigenvalue weighted by molar-refractivity contribution is 7.09. The second kappa shape index (κ2) is 9.82. The Morgan fingerprint density at radius 3 is 2.33 bits per heavy atom. The lowest BCUT2D eigenvalue weighted by molar-refractivity contribution is -0.903. The number of quaternary nitrogens is 1. The smallest absolute Gasteiger partial charge is 0.113 e. The van der Waals surface area contributed by atoms with Crippen molar-refractivity contribution in [2.75, 3.05) is 20.6 Å². The van der Waals surface area contributed by atoms with Crippen molar-refractivity contribution in [3.05, 3.63) is 22.4 Å². The lowest BCUT2D eigenvalue weighted by atomic mass is 10.1. The molecule has 0 aliphatic carbocycles. The summed E-state index contributed by atoms with van der Waals surface area (Å²) in [6.07, 6.45) is 8.39. The number of thiophene rings is 1. The molecular formula is C15H28ClNS. The van der Waals surface area contributed by atoms with Gasteiger partial charge in [0, 0.05) is 0 Å². The second-order valence-electron chi connectivity index (χ2n) is 5.66. The molecule has 3 heteroatoms. The molecule has 106 valence electrons. The van der Waals surface area contributed by atoms with E-state index in [0.29, 0.717) is 0 Å². The molecule has 1 heterocycles. The van der Waals surface area contributed by atoms with Gasteiger partial charge in [0.25, 0.3) is 0 Å². The monoisotopic (exact) mass is 289 g/mol. The van der Waals surface area contributed by atoms with E-state index in [1.807, 2.05) is 11.3 Å². The van der Waals surface area contributed by atoms with Crippen LogP contribution in [0.2, 0.25) is 0 Å². The van der Waals surface area contributed by atoms with Crippen LogP contribution < -0.4 is 12.4 Å². The van der Waals surface area contributed by atoms with E-state index in [1.165, 1.54) is 56.5 Å². The zero-order valence-electron chi connectivity index (χ0n) is 12.1. The largest absolute Gasteiger partial charge is 1.00 e. The second-order valence-corrected chi connectivity index (χ2v) is 6.70. The number of unbranched alkanes of at least 4 members (excludes halogenated alkanes) is 5. The van der Waals surface area contributed by atoms with E-state index in [1.54, 1.807) is 0 Å². The Bertz CT molecular complexity index is 283. The normalized spacial score (nSPS) is 11.3. The molecule has 0 saturated carbocycles. The Labute approximate surface area is 123 Å². The minimum Gasteiger partial charge on any atom is -1.00 e. The molecule has 0 fully saturated rings. The third-order valence-electron chi connectivity index (χ3n) is 3.28. The average Bonchev–Trinajstić information content (AvgIpc) is 2.75. The standard InChI is InChI=1S/C15H28NS.ClH/c1-4-5-6-7-8-9-12-16(2,3)14-15-11-10-13-17-15;/h10-11,13H,4-9,12,14H2,1-3H3;1H/q+1;/p-1. The van der Waals surface area contributed by atoms with E-state index in [9.17, 15) is 0 Å². The topological polar surface area (TPSA) is 0 Å². The van der Waals surface area contributed by atoms with Crippen LogP contribution in [0.25, 0.3) is 0 Å². The molecule has 1 nitrogen and oxygen atoms in total. The highest BCUT2D eigenvalue weighted by Gasteiger charge is 2.15. The first kappa shape index (κ1) is 17.9. The fourth-order valence-corrected chi connectivity index (χ4v) is 3.14. The number of halogens is 1. The number of rotatable bonds is 9. The van der Waals surface area contributed by atoms with Crippen LogP contribution >= 0.6 is 11.3 Å². The first-order valence-corrected chi connectivity index (χ1v) is 7.86. The summed E-state index contributed by atoms with van der Waals surface area (Å²) < 4.78 is 1.13. The van der Waals surface area contributed by atoms with Gasteiger partial charge in [-0.3, -0.25) is 0 Å². The summed E-state index contributed by atoms with van der Waals surface area (Å²) in [6.45, 7) is 4.78. The summed E-state index contributed by atoms with van der Waals surface area (Å²) in [5.74, 6) is 0. The Kier molecular flexibility index (Phi) is 9.80. The van der Waals surface area contributed by atoms with Gasteiger partial charge in [-0.1, -0.05) is 38.7 Å². The predicted molar refractivity (Wildman–Crippen MR) is 78.4 cm³/mol. The van der Waals surface area contributed by atoms with Crippen LogP contribution in [-0.4, -0.2) is 25.1 Å². The first-order chi connectivity index (χ1) is 8.14. The van der Waals surface area contributed by atoms with Crippen molar-refractivity contribution in [3.8, 4) is 0 Å². The van der Waals surface area contributed by atoms with Gasteiger partial charge < -0.3 is 16.9 Å². The highest BCUT2D eigenvalue weighted by Crippen LogP contribution is 2.16. The summed E-state index contributed by atoms with van der Waals surface area (Å²) >= 11 is 1.88. The third kappa shape index (κ3) is 8.12. The average molecular weight is 290 g/mol. The van der Waals surface area contributed by atoms with Gasteiger partial charge in [-0.25, -0.2) is 0 Å². The van der Waals surface area contributed by atoms with Crippen molar-refractivity contribution in [1.82, 2.24) is 0 Å². The van der Waals surface area contributed by atoms with E-state index in [0.717, 1.165) is 4.48 Å². The third-order valence-corrected chi connectivity index (χ3v) is 4.14. The summed E-state index contributed by atoms with van der Waals surface area (Å²) in [6, 6.07) is 4.41. The molecule has 0 saturated heterocycles. The fourth-order valence-electron chi connectivity index (χ4n) is 2.22. The van der Waals surface area contributed by atoms with Crippen molar-refractivity contribution in [2.45, 2.75) is 52.0 Å². The van der Waals surface area contributed by atoms with Crippen LogP contribution in [0.4, 0.5) is 0 Å². The van der Waals surface area contributed by atoms with Crippen molar-refractivity contribution in [3.63, 3.8) is 0 Å². The summed E-state index contributed by atoms with van der Waals surface area (Å²) in [7, 11) is 4.71. The molecule has 1 aromatic rings. The molecule has 0 aliphatic rings. The molecule has 0 N–H and O–H groups in total. The molecule has 0 unspecified atom stereocenters. The lowest BCUT2D eigenvalue weighted by Gasteiger charge is -2.29. The van der Waals surface area contributed by atoms with E-state index in [-0.39, 0.29) is 12.4 Å². The molecule has 1 aromatic heterocycles. The van der Waals surface area contributed by atoms with Crippen LogP contribution in [-0.2, 0) is 6.54 Å². The Balaban J connectivity index is 0.00000289. The molecule has 1 rings (SSSR count). The van der Waals surface area contributed by atoms with E-state index < -0.39 is 0 Å². The molecule has 0 amide bonds. The maximum Gasteiger partial charge on any atom is 0.113 e. The van der Waals surface area contributed by atoms with Gasteiger partial charge in [-0.2, -0.15) is 0 Å². The SMILES string of the molecule is CCCCCCCC[N+](C)(C)Cc1cccs1.[Cl-]. The highest BCUT2D eigenvalue weighted by atomic mass is 35.5. The van der Waals surface area contributed by atoms with Crippen LogP contribution in [0, 0.1) is 0 Å². The molecule has 0 aliphatic heterocycles. The minimum atomic E-state index is 0. The molecule has 0 spiro atoms. The molecule has 0 radical (unpaired) electrons. The summed E-state index contributed by atoms with van der Waals surface area (Å²) in [5, 5.41) is 2.18. The Morgan fingerprint density at radius 2 is 1.72 bits per heavy atom. The van der Waals surface area contributed by atoms with Gasteiger partial charge >= 0.3 is 0 Å². The van der Waals surface area contributed by atoms with Crippen molar-refractivity contribution in [2.24, 2.45) is 0 Å². The van der Waals surface area contributed by atoms with Gasteiger partial charge in [-0.05, 0) is 24.3 Å². The zero-order chi connectivity index (χ0) is 12.6. The fraction of sp³-hybridized carbons (Fsp3) is 0.733. The van der Waals surface area contributed by atoms with Crippen molar-refractivity contribution < 1.29 is 16.9 Å². The van der Waals surface area contributed by atoms with Crippen molar-refractivity contribution >= 4 is 11.3 Å². The molecule has 0 aromatic carbocycles. The Morgan fingerprint density at radius 1 is 1.06 bits per heavy atom. The lowest BCUT2D eigenvalue weighted by Crippen LogP contribution is -3.00. The van der Waals surface area contributed by atoms with E-state index in [4.69, 9.17) is 0 Å². The molecule has 0 bridgehead atoms. The number of nitrogens with zero attached hydrogens (tertiary/aromatic N) is 1. The van der Waals surface area contributed by atoms with Crippen LogP contribution in [0.3, 0.4) is 0 Å². The van der Waals surface area contributed by atoms with Crippen LogP contribution in [0.5, 0.6) is 0 Å². The summed E-state index contributed by atoms with van der Waals surface area (Å²) in [5.41, 5.74) is 0. The number of hydrogen-bond donors (Lipinski definition) is 0. The van der Waals surface area contributed by atoms with Gasteiger partial charge in [0.2, 0.25) is 0 Å². The minimum absolute atomic E-state index is 0. The molecular weight excluding hydrogens is 262 g/mol. The Hall–Kier alpha value is -0.0500. The van der Waals surface area contributed by atoms with Gasteiger partial charge in [0.1, 0.15) is 6.54 Å². The molecule has 0 atom stereocenters. The first-order valence-electron chi connectivity index (χ1n) is 6.98.